The molecule has 1 heterocycles. The minimum Gasteiger partial charge on any atom is -0.381 e. The monoisotopic (exact) mass is 257 g/mol. The van der Waals surface area contributed by atoms with Crippen LogP contribution in [0.15, 0.2) is 0 Å². The Bertz CT molecular complexity index is 236. The highest BCUT2D eigenvalue weighted by atomic mass is 32.2. The number of nitrogens with one attached hydrogen (secondary N) is 1. The topological polar surface area (TPSA) is 38.3 Å². The lowest BCUT2D eigenvalue weighted by Crippen LogP contribution is -2.31. The number of carbonyl (C=O) groups excluding carboxylic acids is 1. The van der Waals surface area contributed by atoms with Gasteiger partial charge in [-0.2, -0.15) is 11.8 Å². The van der Waals surface area contributed by atoms with E-state index in [1.807, 2.05) is 11.8 Å². The van der Waals surface area contributed by atoms with Crippen molar-refractivity contribution in [3.63, 3.8) is 0 Å². The highest BCUT2D eigenvalue weighted by molar-refractivity contribution is 7.99. The molecule has 0 aromatic carbocycles. The second-order valence-electron chi connectivity index (χ2n) is 4.95. The summed E-state index contributed by atoms with van der Waals surface area (Å²) in [5, 5.41) is 3.82. The van der Waals surface area contributed by atoms with Gasteiger partial charge in [0.15, 0.2) is 0 Å². The van der Waals surface area contributed by atoms with Gasteiger partial charge in [0, 0.05) is 36.7 Å². The van der Waals surface area contributed by atoms with E-state index < -0.39 is 0 Å². The molecule has 1 saturated heterocycles. The summed E-state index contributed by atoms with van der Waals surface area (Å²) >= 11 is 1.99. The Hall–Kier alpha value is -0.220. The van der Waals surface area contributed by atoms with Crippen molar-refractivity contribution in [2.24, 2.45) is 5.92 Å². The Morgan fingerprint density at radius 1 is 1.18 bits per heavy atom. The zero-order chi connectivity index (χ0) is 11.9. The third kappa shape index (κ3) is 4.51. The predicted octanol–water partition coefficient (Wildman–Crippen LogP) is 2.21. The summed E-state index contributed by atoms with van der Waals surface area (Å²) < 4.78 is 5.33. The molecule has 3 nitrogen and oxygen atoms in total. The number of carbonyl (C=O) groups is 1. The average Bonchev–Trinajstić information content (AvgIpc) is 2.89. The van der Waals surface area contributed by atoms with Crippen LogP contribution < -0.4 is 5.32 Å². The van der Waals surface area contributed by atoms with Crippen LogP contribution in [0.1, 0.15) is 38.5 Å². The van der Waals surface area contributed by atoms with Crippen molar-refractivity contribution in [3.05, 3.63) is 0 Å². The molecule has 17 heavy (non-hydrogen) atoms. The molecule has 0 radical (unpaired) electrons. The van der Waals surface area contributed by atoms with E-state index in [0.717, 1.165) is 43.6 Å². The third-order valence-electron chi connectivity index (χ3n) is 3.65. The lowest BCUT2D eigenvalue weighted by Gasteiger charge is -2.21. The summed E-state index contributed by atoms with van der Waals surface area (Å²) in [4.78, 5) is 11.8. The van der Waals surface area contributed by atoms with Crippen LogP contribution >= 0.6 is 11.8 Å². The van der Waals surface area contributed by atoms with Gasteiger partial charge in [-0.15, -0.1) is 0 Å². The van der Waals surface area contributed by atoms with Crippen LogP contribution in [0.2, 0.25) is 0 Å². The maximum atomic E-state index is 11.8. The van der Waals surface area contributed by atoms with Crippen LogP contribution in [0.4, 0.5) is 0 Å². The minimum absolute atomic E-state index is 0.287. The predicted molar refractivity (Wildman–Crippen MR) is 71.3 cm³/mol. The van der Waals surface area contributed by atoms with Crippen molar-refractivity contribution < 1.29 is 9.53 Å². The standard InChI is InChI=1S/C13H23NO2S/c15-13(11-3-1-2-4-11)14-7-10-17-12-5-8-16-9-6-12/h11-12H,1-10H2,(H,14,15). The summed E-state index contributed by atoms with van der Waals surface area (Å²) in [5.41, 5.74) is 0. The first-order chi connectivity index (χ1) is 8.36. The molecule has 0 bridgehead atoms. The molecule has 2 rings (SSSR count). The number of ether oxygens (including phenoxy) is 1. The maximum Gasteiger partial charge on any atom is 0.223 e. The molecule has 0 aromatic rings. The molecule has 2 aliphatic rings. The Kier molecular flexibility index (Phi) is 5.65. The first-order valence-corrected chi connectivity index (χ1v) is 7.88. The lowest BCUT2D eigenvalue weighted by molar-refractivity contribution is -0.124. The van der Waals surface area contributed by atoms with E-state index in [2.05, 4.69) is 5.32 Å². The lowest BCUT2D eigenvalue weighted by atomic mass is 10.1. The molecule has 1 amide bonds. The molecule has 0 unspecified atom stereocenters. The molecule has 0 spiro atoms. The van der Waals surface area contributed by atoms with E-state index in [4.69, 9.17) is 4.74 Å². The Labute approximate surface area is 108 Å². The number of rotatable bonds is 5. The van der Waals surface area contributed by atoms with Gasteiger partial charge in [-0.05, 0) is 25.7 Å². The van der Waals surface area contributed by atoms with Crippen molar-refractivity contribution in [1.82, 2.24) is 5.32 Å². The van der Waals surface area contributed by atoms with Gasteiger partial charge in [-0.3, -0.25) is 4.79 Å². The average molecular weight is 257 g/mol. The largest absolute Gasteiger partial charge is 0.381 e. The molecule has 1 aliphatic heterocycles. The minimum atomic E-state index is 0.287. The second kappa shape index (κ2) is 7.27. The van der Waals surface area contributed by atoms with Crippen molar-refractivity contribution in [3.8, 4) is 0 Å². The Balaban J connectivity index is 1.51. The third-order valence-corrected chi connectivity index (χ3v) is 5.03. The normalized spacial score (nSPS) is 22.8. The van der Waals surface area contributed by atoms with Crippen molar-refractivity contribution in [1.29, 1.82) is 0 Å². The van der Waals surface area contributed by atoms with Crippen LogP contribution in [-0.2, 0) is 9.53 Å². The zero-order valence-electron chi connectivity index (χ0n) is 10.5. The van der Waals surface area contributed by atoms with Crippen molar-refractivity contribution in [2.45, 2.75) is 43.8 Å². The van der Waals surface area contributed by atoms with Gasteiger partial charge >= 0.3 is 0 Å². The Morgan fingerprint density at radius 2 is 1.88 bits per heavy atom. The first-order valence-electron chi connectivity index (χ1n) is 6.83. The van der Waals surface area contributed by atoms with Crippen LogP contribution in [0.25, 0.3) is 0 Å². The SMILES string of the molecule is O=C(NCCSC1CCOCC1)C1CCCC1. The van der Waals surface area contributed by atoms with E-state index in [0.29, 0.717) is 5.92 Å². The molecule has 2 fully saturated rings. The molecule has 1 N–H and O–H groups in total. The Morgan fingerprint density at radius 3 is 2.59 bits per heavy atom. The smallest absolute Gasteiger partial charge is 0.223 e. The van der Waals surface area contributed by atoms with Gasteiger partial charge in [0.2, 0.25) is 5.91 Å². The van der Waals surface area contributed by atoms with Crippen LogP contribution in [-0.4, -0.2) is 36.7 Å². The van der Waals surface area contributed by atoms with E-state index in [1.165, 1.54) is 25.7 Å². The van der Waals surface area contributed by atoms with E-state index in [1.54, 1.807) is 0 Å². The molecule has 1 saturated carbocycles. The summed E-state index contributed by atoms with van der Waals surface area (Å²) in [6.07, 6.45) is 6.99. The summed E-state index contributed by atoms with van der Waals surface area (Å²) in [5.74, 6) is 1.64. The van der Waals surface area contributed by atoms with Crippen molar-refractivity contribution in [2.75, 3.05) is 25.5 Å². The molecule has 98 valence electrons. The molecule has 0 atom stereocenters. The van der Waals surface area contributed by atoms with Gasteiger partial charge in [0.05, 0.1) is 0 Å². The summed E-state index contributed by atoms with van der Waals surface area (Å²) in [6.45, 7) is 2.65. The van der Waals surface area contributed by atoms with Crippen LogP contribution in [0.5, 0.6) is 0 Å². The molecular weight excluding hydrogens is 234 g/mol. The molecular formula is C13H23NO2S. The number of amides is 1. The van der Waals surface area contributed by atoms with Crippen molar-refractivity contribution >= 4 is 17.7 Å². The first kappa shape index (κ1) is 13.2. The fraction of sp³-hybridized carbons (Fsp3) is 0.923. The van der Waals surface area contributed by atoms with Crippen LogP contribution in [0.3, 0.4) is 0 Å². The molecule has 4 heteroatoms. The summed E-state index contributed by atoms with van der Waals surface area (Å²) in [7, 11) is 0. The summed E-state index contributed by atoms with van der Waals surface area (Å²) in [6, 6.07) is 0. The van der Waals surface area contributed by atoms with Gasteiger partial charge in [-0.25, -0.2) is 0 Å². The molecule has 0 aromatic heterocycles. The highest BCUT2D eigenvalue weighted by Crippen LogP contribution is 2.25. The van der Waals surface area contributed by atoms with Gasteiger partial charge in [0.1, 0.15) is 0 Å². The second-order valence-corrected chi connectivity index (χ2v) is 6.36. The zero-order valence-corrected chi connectivity index (χ0v) is 11.3. The fourth-order valence-electron chi connectivity index (χ4n) is 2.57. The van der Waals surface area contributed by atoms with E-state index >= 15 is 0 Å². The van der Waals surface area contributed by atoms with Gasteiger partial charge < -0.3 is 10.1 Å². The maximum absolute atomic E-state index is 11.8. The van der Waals surface area contributed by atoms with Crippen LogP contribution in [0, 0.1) is 5.92 Å². The number of hydrogen-bond acceptors (Lipinski definition) is 3. The van der Waals surface area contributed by atoms with Gasteiger partial charge in [-0.1, -0.05) is 12.8 Å². The molecule has 1 aliphatic carbocycles. The number of thioether (sulfide) groups is 1. The number of hydrogen-bond donors (Lipinski definition) is 1. The highest BCUT2D eigenvalue weighted by Gasteiger charge is 2.22. The fourth-order valence-corrected chi connectivity index (χ4v) is 3.65. The quantitative estimate of drug-likeness (QED) is 0.767. The van der Waals surface area contributed by atoms with Gasteiger partial charge in [0.25, 0.3) is 0 Å². The van der Waals surface area contributed by atoms with E-state index in [9.17, 15) is 4.79 Å². The van der Waals surface area contributed by atoms with E-state index in [-0.39, 0.29) is 5.91 Å².